The Kier molecular flexibility index (Phi) is 9.55. The van der Waals surface area contributed by atoms with Crippen molar-refractivity contribution in [1.29, 1.82) is 0 Å². The number of rotatable bonds is 9. The Morgan fingerprint density at radius 2 is 1.53 bits per heavy atom. The van der Waals surface area contributed by atoms with Crippen molar-refractivity contribution < 1.29 is 23.9 Å². The number of hydrogen-bond acceptors (Lipinski definition) is 8. The zero-order chi connectivity index (χ0) is 33.1. The van der Waals surface area contributed by atoms with Crippen LogP contribution >= 0.6 is 45.9 Å². The molecule has 2 heterocycles. The monoisotopic (exact) mass is 701 g/mol. The number of hydrogen-bond donors (Lipinski definition) is 2. The Morgan fingerprint density at radius 3 is 2.30 bits per heavy atom. The van der Waals surface area contributed by atoms with Crippen molar-refractivity contribution in [1.82, 2.24) is 5.43 Å². The molecule has 47 heavy (non-hydrogen) atoms. The number of amides is 2. The van der Waals surface area contributed by atoms with Gasteiger partial charge in [0.2, 0.25) is 0 Å². The van der Waals surface area contributed by atoms with Gasteiger partial charge in [0.1, 0.15) is 9.75 Å². The summed E-state index contributed by atoms with van der Waals surface area (Å²) in [5.41, 5.74) is 5.02. The summed E-state index contributed by atoms with van der Waals surface area (Å²) in [5.74, 6) is -0.804. The van der Waals surface area contributed by atoms with E-state index >= 15 is 0 Å². The first-order valence-corrected chi connectivity index (χ1v) is 16.7. The number of nitrogens with one attached hydrogen (secondary N) is 2. The zero-order valence-electron chi connectivity index (χ0n) is 24.9. The number of fused-ring (bicyclic) bond motifs is 2. The molecule has 12 heteroatoms. The molecular formula is C35H25Cl2N3O5S2. The number of nitrogens with zero attached hydrogens (tertiary/aromatic N) is 1. The molecule has 0 fully saturated rings. The van der Waals surface area contributed by atoms with Crippen molar-refractivity contribution in [2.24, 2.45) is 5.10 Å². The van der Waals surface area contributed by atoms with Crippen molar-refractivity contribution in [3.8, 4) is 11.5 Å². The Labute approximate surface area is 287 Å². The molecule has 2 amide bonds. The Hall–Kier alpha value is -4.74. The van der Waals surface area contributed by atoms with Crippen LogP contribution < -0.4 is 20.2 Å². The average molecular weight is 703 g/mol. The predicted molar refractivity (Wildman–Crippen MR) is 190 cm³/mol. The number of benzene rings is 4. The zero-order valence-corrected chi connectivity index (χ0v) is 28.1. The minimum atomic E-state index is -0.588. The number of anilines is 1. The molecule has 0 bridgehead atoms. The van der Waals surface area contributed by atoms with Crippen LogP contribution in [0, 0.1) is 6.92 Å². The Balaban J connectivity index is 1.08. The van der Waals surface area contributed by atoms with E-state index in [1.54, 1.807) is 42.5 Å². The molecule has 0 aliphatic carbocycles. The first-order valence-electron chi connectivity index (χ1n) is 14.3. The van der Waals surface area contributed by atoms with Gasteiger partial charge in [-0.2, -0.15) is 5.10 Å². The van der Waals surface area contributed by atoms with E-state index in [9.17, 15) is 14.4 Å². The minimum absolute atomic E-state index is 0.225. The SMILES string of the molecule is CCOc1cc(/C=N\NC(=O)c2ccc(NC(=O)c3sc4cc(C)ccc4c3Cl)cc2)ccc1OC(=O)c1sc2ccccc2c1Cl. The third kappa shape index (κ3) is 7.01. The topological polar surface area (TPSA) is 106 Å². The van der Waals surface area contributed by atoms with Crippen LogP contribution in [0.5, 0.6) is 11.5 Å². The third-order valence-electron chi connectivity index (χ3n) is 6.97. The van der Waals surface area contributed by atoms with Crippen LogP contribution in [0.1, 0.15) is 47.8 Å². The van der Waals surface area contributed by atoms with E-state index < -0.39 is 11.9 Å². The maximum absolute atomic E-state index is 13.0. The number of aryl methyl sites for hydroxylation is 1. The number of ether oxygens (including phenoxy) is 2. The van der Waals surface area contributed by atoms with Crippen LogP contribution in [-0.2, 0) is 0 Å². The first-order chi connectivity index (χ1) is 22.7. The van der Waals surface area contributed by atoms with Gasteiger partial charge in [0.25, 0.3) is 11.8 Å². The van der Waals surface area contributed by atoms with E-state index in [2.05, 4.69) is 15.8 Å². The molecule has 0 saturated heterocycles. The van der Waals surface area contributed by atoms with E-state index in [4.69, 9.17) is 32.7 Å². The molecule has 0 saturated carbocycles. The van der Waals surface area contributed by atoms with Gasteiger partial charge in [0.15, 0.2) is 11.5 Å². The highest BCUT2D eigenvalue weighted by Crippen LogP contribution is 2.38. The van der Waals surface area contributed by atoms with Gasteiger partial charge in [-0.15, -0.1) is 22.7 Å². The van der Waals surface area contributed by atoms with Crippen molar-refractivity contribution in [3.05, 3.63) is 121 Å². The summed E-state index contributed by atoms with van der Waals surface area (Å²) >= 11 is 15.5. The second kappa shape index (κ2) is 13.9. The van der Waals surface area contributed by atoms with Gasteiger partial charge in [-0.3, -0.25) is 9.59 Å². The van der Waals surface area contributed by atoms with Crippen molar-refractivity contribution >= 4 is 95.7 Å². The molecule has 6 rings (SSSR count). The van der Waals surface area contributed by atoms with Crippen molar-refractivity contribution in [2.45, 2.75) is 13.8 Å². The fourth-order valence-corrected chi connectivity index (χ4v) is 7.59. The molecule has 0 atom stereocenters. The second-order valence-electron chi connectivity index (χ2n) is 10.2. The van der Waals surface area contributed by atoms with Gasteiger partial charge in [0.05, 0.1) is 22.9 Å². The summed E-state index contributed by atoms with van der Waals surface area (Å²) in [5, 5.41) is 9.27. The lowest BCUT2D eigenvalue weighted by atomic mass is 10.2. The van der Waals surface area contributed by atoms with Crippen molar-refractivity contribution in [3.63, 3.8) is 0 Å². The van der Waals surface area contributed by atoms with E-state index in [1.807, 2.05) is 56.3 Å². The smallest absolute Gasteiger partial charge is 0.355 e. The summed E-state index contributed by atoms with van der Waals surface area (Å²) in [4.78, 5) is 39.3. The van der Waals surface area contributed by atoms with Gasteiger partial charge < -0.3 is 14.8 Å². The fraction of sp³-hybridized carbons (Fsp3) is 0.0857. The van der Waals surface area contributed by atoms with Crippen LogP contribution in [0.2, 0.25) is 10.0 Å². The molecule has 6 aromatic rings. The van der Waals surface area contributed by atoms with Gasteiger partial charge in [-0.05, 0) is 79.6 Å². The van der Waals surface area contributed by atoms with Crippen molar-refractivity contribution in [2.75, 3.05) is 11.9 Å². The summed E-state index contributed by atoms with van der Waals surface area (Å²) in [6.07, 6.45) is 1.44. The van der Waals surface area contributed by atoms with Crippen LogP contribution in [0.4, 0.5) is 5.69 Å². The highest BCUT2D eigenvalue weighted by molar-refractivity contribution is 7.22. The minimum Gasteiger partial charge on any atom is -0.490 e. The number of thiophene rings is 2. The maximum atomic E-state index is 13.0. The molecule has 0 aliphatic heterocycles. The number of esters is 1. The molecule has 236 valence electrons. The predicted octanol–water partition coefficient (Wildman–Crippen LogP) is 9.37. The molecule has 0 radical (unpaired) electrons. The molecule has 2 aromatic heterocycles. The third-order valence-corrected chi connectivity index (χ3v) is 10.3. The maximum Gasteiger partial charge on any atom is 0.355 e. The first kappa shape index (κ1) is 32.2. The van der Waals surface area contributed by atoms with Gasteiger partial charge in [0, 0.05) is 31.4 Å². The number of carbonyl (C=O) groups excluding carboxylic acids is 3. The summed E-state index contributed by atoms with van der Waals surface area (Å²) in [7, 11) is 0. The van der Waals surface area contributed by atoms with Gasteiger partial charge >= 0.3 is 5.97 Å². The molecule has 2 N–H and O–H groups in total. The molecule has 4 aromatic carbocycles. The van der Waals surface area contributed by atoms with E-state index in [-0.39, 0.29) is 11.7 Å². The Bertz CT molecular complexity index is 2190. The molecule has 0 spiro atoms. The van der Waals surface area contributed by atoms with E-state index in [0.29, 0.717) is 49.0 Å². The number of hydrazone groups is 1. The Morgan fingerprint density at radius 1 is 0.809 bits per heavy atom. The van der Waals surface area contributed by atoms with Crippen LogP contribution in [0.15, 0.2) is 90.0 Å². The lowest BCUT2D eigenvalue weighted by Crippen LogP contribution is -2.17. The average Bonchev–Trinajstić information content (AvgIpc) is 3.58. The lowest BCUT2D eigenvalue weighted by Gasteiger charge is -2.11. The highest BCUT2D eigenvalue weighted by atomic mass is 35.5. The summed E-state index contributed by atoms with van der Waals surface area (Å²) in [6.45, 7) is 4.13. The molecular weight excluding hydrogens is 677 g/mol. The van der Waals surface area contributed by atoms with Crippen LogP contribution in [0.3, 0.4) is 0 Å². The normalized spacial score (nSPS) is 11.2. The fourth-order valence-electron chi connectivity index (χ4n) is 4.69. The van der Waals surface area contributed by atoms with E-state index in [1.165, 1.54) is 28.9 Å². The van der Waals surface area contributed by atoms with Gasteiger partial charge in [-0.1, -0.05) is 53.5 Å². The summed E-state index contributed by atoms with van der Waals surface area (Å²) < 4.78 is 13.2. The quantitative estimate of drug-likeness (QED) is 0.0676. The van der Waals surface area contributed by atoms with E-state index in [0.717, 1.165) is 25.7 Å². The molecule has 8 nitrogen and oxygen atoms in total. The van der Waals surface area contributed by atoms with Gasteiger partial charge in [-0.25, -0.2) is 10.2 Å². The number of carbonyl (C=O) groups is 3. The second-order valence-corrected chi connectivity index (χ2v) is 13.1. The molecule has 0 aliphatic rings. The summed E-state index contributed by atoms with van der Waals surface area (Å²) in [6, 6.07) is 24.7. The highest BCUT2D eigenvalue weighted by Gasteiger charge is 2.21. The van der Waals surface area contributed by atoms with Crippen LogP contribution in [-0.4, -0.2) is 30.6 Å². The largest absolute Gasteiger partial charge is 0.490 e. The standard InChI is InChI=1S/C35H25Cl2N3O5S2/c1-3-44-26-17-20(9-15-25(26)45-35(43)32-30(37)23-6-4-5-7-27(23)46-32)18-38-40-33(41)21-10-12-22(13-11-21)39-34(42)31-29(36)24-14-8-19(2)16-28(24)47-31/h4-18H,3H2,1-2H3,(H,39,42)(H,40,41)/b38-18-. The lowest BCUT2D eigenvalue weighted by molar-refractivity contribution is 0.0733. The number of halogens is 2. The molecule has 0 unspecified atom stereocenters. The van der Waals surface area contributed by atoms with Crippen LogP contribution in [0.25, 0.3) is 20.2 Å².